The van der Waals surface area contributed by atoms with Crippen molar-refractivity contribution < 1.29 is 4.79 Å². The standard InChI is InChI=1S/C23H26N6O2/c1-14-13-20-24-15(2)19(16(3)28(20)26-14)11-12-21(30)25-22-17(4)27(5)29(23(22)31)18-9-7-6-8-10-18/h6-10,13H,11-12H2,1-5H3,(H,25,30). The molecular formula is C23H26N6O2. The summed E-state index contributed by atoms with van der Waals surface area (Å²) in [6.45, 7) is 7.69. The van der Waals surface area contributed by atoms with Crippen molar-refractivity contribution in [2.24, 2.45) is 7.05 Å². The molecule has 0 radical (unpaired) electrons. The lowest BCUT2D eigenvalue weighted by Gasteiger charge is -2.11. The van der Waals surface area contributed by atoms with Crippen LogP contribution in [-0.4, -0.2) is 29.9 Å². The average molecular weight is 419 g/mol. The Labute approximate surface area is 180 Å². The van der Waals surface area contributed by atoms with E-state index in [1.807, 2.05) is 68.6 Å². The summed E-state index contributed by atoms with van der Waals surface area (Å²) < 4.78 is 5.12. The fourth-order valence-corrected chi connectivity index (χ4v) is 3.96. The van der Waals surface area contributed by atoms with E-state index in [0.717, 1.165) is 34.0 Å². The zero-order valence-corrected chi connectivity index (χ0v) is 18.4. The molecule has 4 aromatic rings. The minimum absolute atomic E-state index is 0.207. The smallest absolute Gasteiger partial charge is 0.295 e. The molecule has 160 valence electrons. The predicted molar refractivity (Wildman–Crippen MR) is 120 cm³/mol. The van der Waals surface area contributed by atoms with Crippen LogP contribution in [0.2, 0.25) is 0 Å². The first-order chi connectivity index (χ1) is 14.8. The SMILES string of the molecule is Cc1cc2nc(C)c(CCC(=O)Nc3c(C)n(C)n(-c4ccccc4)c3=O)c(C)n2n1. The van der Waals surface area contributed by atoms with E-state index in [9.17, 15) is 9.59 Å². The summed E-state index contributed by atoms with van der Waals surface area (Å²) in [6, 6.07) is 11.3. The molecule has 0 aliphatic carbocycles. The number of para-hydroxylation sites is 1. The molecule has 3 heterocycles. The monoisotopic (exact) mass is 418 g/mol. The highest BCUT2D eigenvalue weighted by atomic mass is 16.2. The number of anilines is 1. The van der Waals surface area contributed by atoms with Gasteiger partial charge in [0.1, 0.15) is 5.69 Å². The van der Waals surface area contributed by atoms with Crippen LogP contribution in [-0.2, 0) is 18.3 Å². The molecule has 0 spiro atoms. The molecule has 0 saturated carbocycles. The lowest BCUT2D eigenvalue weighted by molar-refractivity contribution is -0.116. The molecule has 8 nitrogen and oxygen atoms in total. The van der Waals surface area contributed by atoms with E-state index >= 15 is 0 Å². The highest BCUT2D eigenvalue weighted by Gasteiger charge is 2.19. The van der Waals surface area contributed by atoms with E-state index in [4.69, 9.17) is 0 Å². The Morgan fingerprint density at radius 1 is 1.06 bits per heavy atom. The van der Waals surface area contributed by atoms with E-state index in [-0.39, 0.29) is 17.9 Å². The predicted octanol–water partition coefficient (Wildman–Crippen LogP) is 3.02. The van der Waals surface area contributed by atoms with Gasteiger partial charge in [0.2, 0.25) is 5.91 Å². The van der Waals surface area contributed by atoms with E-state index in [2.05, 4.69) is 15.4 Å². The van der Waals surface area contributed by atoms with Gasteiger partial charge in [-0.15, -0.1) is 0 Å². The Balaban J connectivity index is 1.55. The first kappa shape index (κ1) is 20.6. The third-order valence-electron chi connectivity index (χ3n) is 5.71. The summed E-state index contributed by atoms with van der Waals surface area (Å²) >= 11 is 0. The van der Waals surface area contributed by atoms with Crippen LogP contribution in [0, 0.1) is 27.7 Å². The minimum atomic E-state index is -0.248. The van der Waals surface area contributed by atoms with Crippen molar-refractivity contribution in [1.29, 1.82) is 0 Å². The molecule has 0 fully saturated rings. The first-order valence-corrected chi connectivity index (χ1v) is 10.2. The molecule has 1 aromatic carbocycles. The Morgan fingerprint density at radius 2 is 1.77 bits per heavy atom. The maximum atomic E-state index is 13.0. The Bertz CT molecular complexity index is 1340. The number of nitrogens with zero attached hydrogens (tertiary/aromatic N) is 5. The van der Waals surface area contributed by atoms with E-state index in [0.29, 0.717) is 17.8 Å². The summed E-state index contributed by atoms with van der Waals surface area (Å²) in [7, 11) is 1.80. The van der Waals surface area contributed by atoms with Crippen molar-refractivity contribution in [1.82, 2.24) is 24.0 Å². The lowest BCUT2D eigenvalue weighted by Crippen LogP contribution is -2.23. The number of nitrogens with one attached hydrogen (secondary N) is 1. The molecule has 0 bridgehead atoms. The molecule has 8 heteroatoms. The van der Waals surface area contributed by atoms with Crippen molar-refractivity contribution >= 4 is 17.2 Å². The quantitative estimate of drug-likeness (QED) is 0.540. The van der Waals surface area contributed by atoms with Crippen LogP contribution in [0.15, 0.2) is 41.2 Å². The second kappa shape index (κ2) is 7.86. The van der Waals surface area contributed by atoms with Crippen molar-refractivity contribution in [3.63, 3.8) is 0 Å². The maximum Gasteiger partial charge on any atom is 0.295 e. The van der Waals surface area contributed by atoms with E-state index in [1.165, 1.54) is 0 Å². The number of amides is 1. The number of hydrogen-bond acceptors (Lipinski definition) is 4. The third kappa shape index (κ3) is 3.65. The van der Waals surface area contributed by atoms with Gasteiger partial charge in [0.25, 0.3) is 5.56 Å². The van der Waals surface area contributed by atoms with Gasteiger partial charge < -0.3 is 5.32 Å². The van der Waals surface area contributed by atoms with Crippen molar-refractivity contribution in [3.8, 4) is 5.69 Å². The molecule has 1 amide bonds. The van der Waals surface area contributed by atoms with Gasteiger partial charge in [-0.3, -0.25) is 14.3 Å². The second-order valence-electron chi connectivity index (χ2n) is 7.80. The molecule has 0 aliphatic rings. The third-order valence-corrected chi connectivity index (χ3v) is 5.71. The van der Waals surface area contributed by atoms with Gasteiger partial charge in [-0.25, -0.2) is 14.2 Å². The minimum Gasteiger partial charge on any atom is -0.320 e. The molecule has 3 aromatic heterocycles. The number of hydrogen-bond donors (Lipinski definition) is 1. The number of rotatable bonds is 5. The van der Waals surface area contributed by atoms with Crippen LogP contribution < -0.4 is 10.9 Å². The second-order valence-corrected chi connectivity index (χ2v) is 7.80. The Kier molecular flexibility index (Phi) is 5.22. The normalized spacial score (nSPS) is 11.3. The summed E-state index contributed by atoms with van der Waals surface area (Å²) in [4.78, 5) is 30.3. The molecule has 0 unspecified atom stereocenters. The summed E-state index contributed by atoms with van der Waals surface area (Å²) in [5, 5.41) is 7.30. The topological polar surface area (TPSA) is 86.2 Å². The number of fused-ring (bicyclic) bond motifs is 1. The summed E-state index contributed by atoms with van der Waals surface area (Å²) in [6.07, 6.45) is 0.762. The van der Waals surface area contributed by atoms with Crippen molar-refractivity contribution in [2.75, 3.05) is 5.32 Å². The number of benzene rings is 1. The number of aromatic nitrogens is 5. The summed E-state index contributed by atoms with van der Waals surface area (Å²) in [5.41, 5.74) is 6.08. The highest BCUT2D eigenvalue weighted by Crippen LogP contribution is 2.18. The molecule has 1 N–H and O–H groups in total. The van der Waals surface area contributed by atoms with Gasteiger partial charge in [-0.2, -0.15) is 5.10 Å². The average Bonchev–Trinajstić information content (AvgIpc) is 3.20. The maximum absolute atomic E-state index is 13.0. The van der Waals surface area contributed by atoms with Crippen molar-refractivity contribution in [2.45, 2.75) is 40.5 Å². The molecule has 0 saturated heterocycles. The number of carbonyl (C=O) groups excluding carboxylic acids is 1. The Hall–Kier alpha value is -3.68. The van der Waals surface area contributed by atoms with Gasteiger partial charge >= 0.3 is 0 Å². The fraction of sp³-hybridized carbons (Fsp3) is 0.304. The number of aryl methyl sites for hydroxylation is 3. The largest absolute Gasteiger partial charge is 0.320 e. The molecule has 4 rings (SSSR count). The van der Waals surface area contributed by atoms with Gasteiger partial charge in [-0.05, 0) is 51.8 Å². The van der Waals surface area contributed by atoms with Crippen LogP contribution in [0.4, 0.5) is 5.69 Å². The van der Waals surface area contributed by atoms with E-state index in [1.54, 1.807) is 16.4 Å². The fourth-order valence-electron chi connectivity index (χ4n) is 3.96. The molecule has 0 atom stereocenters. The van der Waals surface area contributed by atoms with E-state index < -0.39 is 0 Å². The van der Waals surface area contributed by atoms with Crippen LogP contribution in [0.5, 0.6) is 0 Å². The lowest BCUT2D eigenvalue weighted by atomic mass is 10.1. The van der Waals surface area contributed by atoms with Gasteiger partial charge in [0.05, 0.1) is 17.1 Å². The first-order valence-electron chi connectivity index (χ1n) is 10.2. The zero-order chi connectivity index (χ0) is 22.3. The highest BCUT2D eigenvalue weighted by molar-refractivity contribution is 5.91. The van der Waals surface area contributed by atoms with Crippen LogP contribution in [0.25, 0.3) is 11.3 Å². The Morgan fingerprint density at radius 3 is 2.48 bits per heavy atom. The van der Waals surface area contributed by atoms with Gasteiger partial charge in [-0.1, -0.05) is 18.2 Å². The molecular weight excluding hydrogens is 392 g/mol. The molecule has 31 heavy (non-hydrogen) atoms. The van der Waals surface area contributed by atoms with Crippen LogP contribution in [0.1, 0.15) is 34.8 Å². The zero-order valence-electron chi connectivity index (χ0n) is 18.4. The van der Waals surface area contributed by atoms with Crippen molar-refractivity contribution in [3.05, 3.63) is 75.1 Å². The number of carbonyl (C=O) groups is 1. The summed E-state index contributed by atoms with van der Waals surface area (Å²) in [5.74, 6) is -0.207. The van der Waals surface area contributed by atoms with Crippen LogP contribution >= 0.6 is 0 Å². The van der Waals surface area contributed by atoms with Gasteiger partial charge in [0, 0.05) is 30.9 Å². The van der Waals surface area contributed by atoms with Crippen LogP contribution in [0.3, 0.4) is 0 Å². The van der Waals surface area contributed by atoms with Gasteiger partial charge in [0.15, 0.2) is 5.65 Å². The molecule has 0 aliphatic heterocycles.